The summed E-state index contributed by atoms with van der Waals surface area (Å²) in [5.74, 6) is -1.07. The van der Waals surface area contributed by atoms with Crippen molar-refractivity contribution < 1.29 is 19.4 Å². The third kappa shape index (κ3) is 7.58. The Kier molecular flexibility index (Phi) is 8.01. The summed E-state index contributed by atoms with van der Waals surface area (Å²) >= 11 is 4.55. The molecule has 2 aromatic heterocycles. The van der Waals surface area contributed by atoms with Crippen molar-refractivity contribution in [1.82, 2.24) is 4.98 Å². The molecular weight excluding hydrogens is 486 g/mol. The Morgan fingerprint density at radius 1 is 1.23 bits per heavy atom. The number of carbonyl (C=O) groups excluding carboxylic acids is 1. The summed E-state index contributed by atoms with van der Waals surface area (Å²) in [5, 5.41) is 13.1. The predicted molar refractivity (Wildman–Crippen MR) is 126 cm³/mol. The van der Waals surface area contributed by atoms with Gasteiger partial charge >= 0.3 is 12.1 Å². The Morgan fingerprint density at radius 2 is 1.94 bits per heavy atom. The number of thiophene rings is 1. The molecular formula is C21H22BrN3O5S. The number of carboxylic acids is 1. The molecule has 31 heavy (non-hydrogen) atoms. The highest BCUT2D eigenvalue weighted by molar-refractivity contribution is 9.10. The van der Waals surface area contributed by atoms with E-state index >= 15 is 0 Å². The Bertz CT molecular complexity index is 1120. The van der Waals surface area contributed by atoms with Crippen molar-refractivity contribution in [3.63, 3.8) is 0 Å². The van der Waals surface area contributed by atoms with Crippen molar-refractivity contribution in [3.8, 4) is 10.4 Å². The fourth-order valence-corrected chi connectivity index (χ4v) is 3.35. The van der Waals surface area contributed by atoms with Gasteiger partial charge in [0.25, 0.3) is 5.56 Å². The number of nitrogen functional groups attached to an aromatic ring is 1. The van der Waals surface area contributed by atoms with Crippen LogP contribution in [0.15, 0.2) is 57.2 Å². The van der Waals surface area contributed by atoms with Crippen LogP contribution in [0.1, 0.15) is 31.1 Å². The summed E-state index contributed by atoms with van der Waals surface area (Å²) in [4.78, 5) is 36.1. The summed E-state index contributed by atoms with van der Waals surface area (Å²) < 4.78 is 5.42. The fraction of sp³-hybridized carbons (Fsp3) is 0.190. The van der Waals surface area contributed by atoms with Gasteiger partial charge in [0.1, 0.15) is 5.60 Å². The first-order chi connectivity index (χ1) is 14.5. The molecule has 0 saturated carbocycles. The fourth-order valence-electron chi connectivity index (χ4n) is 2.27. The predicted octanol–water partition coefficient (Wildman–Crippen LogP) is 5.18. The Morgan fingerprint density at radius 3 is 2.45 bits per heavy atom. The van der Waals surface area contributed by atoms with Gasteiger partial charge in [-0.1, -0.05) is 12.1 Å². The summed E-state index contributed by atoms with van der Waals surface area (Å²) in [6, 6.07) is 10.8. The van der Waals surface area contributed by atoms with Crippen LogP contribution in [0.25, 0.3) is 10.4 Å². The van der Waals surface area contributed by atoms with Crippen molar-refractivity contribution in [2.75, 3.05) is 11.1 Å². The number of nitrogens with two attached hydrogens (primary N) is 1. The molecule has 0 spiro atoms. The molecule has 0 aliphatic heterocycles. The van der Waals surface area contributed by atoms with Crippen LogP contribution < -0.4 is 16.6 Å². The van der Waals surface area contributed by atoms with E-state index in [4.69, 9.17) is 15.6 Å². The summed E-state index contributed by atoms with van der Waals surface area (Å²) in [5.41, 5.74) is 7.26. The first-order valence-electron chi connectivity index (χ1n) is 9.01. The number of benzene rings is 1. The average molecular weight is 508 g/mol. The number of hydrogen-bond acceptors (Lipinski definition) is 6. The van der Waals surface area contributed by atoms with E-state index in [9.17, 15) is 14.4 Å². The van der Waals surface area contributed by atoms with E-state index in [1.54, 1.807) is 17.4 Å². The van der Waals surface area contributed by atoms with Gasteiger partial charge in [-0.3, -0.25) is 10.1 Å². The molecule has 0 radical (unpaired) electrons. The topological polar surface area (TPSA) is 135 Å². The molecule has 164 valence electrons. The normalized spacial score (nSPS) is 10.6. The second kappa shape index (κ2) is 10.3. The Hall–Kier alpha value is -3.11. The highest BCUT2D eigenvalue weighted by atomic mass is 79.9. The third-order valence-electron chi connectivity index (χ3n) is 3.60. The van der Waals surface area contributed by atoms with Gasteiger partial charge in [0.15, 0.2) is 0 Å². The van der Waals surface area contributed by atoms with Gasteiger partial charge < -0.3 is 20.6 Å². The second-order valence-electron chi connectivity index (χ2n) is 7.28. The number of rotatable bonds is 3. The number of anilines is 2. The zero-order valence-corrected chi connectivity index (χ0v) is 19.5. The number of amides is 1. The zero-order chi connectivity index (χ0) is 23.2. The molecule has 5 N–H and O–H groups in total. The monoisotopic (exact) mass is 507 g/mol. The highest BCUT2D eigenvalue weighted by Crippen LogP contribution is 2.30. The lowest BCUT2D eigenvalue weighted by molar-refractivity contribution is 0.0634. The third-order valence-corrected chi connectivity index (χ3v) is 5.11. The van der Waals surface area contributed by atoms with Crippen LogP contribution >= 0.6 is 27.3 Å². The van der Waals surface area contributed by atoms with Crippen molar-refractivity contribution in [2.24, 2.45) is 0 Å². The van der Waals surface area contributed by atoms with E-state index in [-0.39, 0.29) is 15.6 Å². The van der Waals surface area contributed by atoms with Crippen LogP contribution in [0, 0.1) is 0 Å². The zero-order valence-electron chi connectivity index (χ0n) is 17.1. The van der Waals surface area contributed by atoms with Gasteiger partial charge in [0, 0.05) is 11.1 Å². The molecule has 0 fully saturated rings. The highest BCUT2D eigenvalue weighted by Gasteiger charge is 2.17. The largest absolute Gasteiger partial charge is 0.478 e. The van der Waals surface area contributed by atoms with Gasteiger partial charge in [-0.2, -0.15) is 0 Å². The quantitative estimate of drug-likeness (QED) is 0.360. The Balaban J connectivity index is 0.000000262. The van der Waals surface area contributed by atoms with Crippen molar-refractivity contribution in [1.29, 1.82) is 0 Å². The van der Waals surface area contributed by atoms with Gasteiger partial charge in [-0.15, -0.1) is 11.3 Å². The maximum Gasteiger partial charge on any atom is 0.412 e. The van der Waals surface area contributed by atoms with Gasteiger partial charge in [-0.05, 0) is 71.9 Å². The van der Waals surface area contributed by atoms with E-state index in [2.05, 4.69) is 26.2 Å². The molecule has 3 aromatic rings. The van der Waals surface area contributed by atoms with Gasteiger partial charge in [0.05, 0.1) is 21.4 Å². The summed E-state index contributed by atoms with van der Waals surface area (Å²) in [7, 11) is 0. The number of carboxylic acid groups (broad SMARTS) is 1. The molecule has 0 saturated heterocycles. The SMILES string of the molecule is CC(C)(C)OC(=O)Nc1ccc(-c2cccs2)cc1N.O=C(O)c1c[nH]c(=O)c(Br)c1. The van der Waals surface area contributed by atoms with E-state index in [0.717, 1.165) is 16.6 Å². The number of H-pyrrole nitrogens is 1. The van der Waals surface area contributed by atoms with Crippen LogP contribution in [-0.2, 0) is 4.74 Å². The minimum absolute atomic E-state index is 0.0523. The molecule has 0 aliphatic carbocycles. The first-order valence-corrected chi connectivity index (χ1v) is 10.7. The van der Waals surface area contributed by atoms with Crippen LogP contribution in [0.3, 0.4) is 0 Å². The van der Waals surface area contributed by atoms with Crippen LogP contribution in [0.4, 0.5) is 16.2 Å². The van der Waals surface area contributed by atoms with Crippen molar-refractivity contribution >= 4 is 50.7 Å². The van der Waals surface area contributed by atoms with Crippen LogP contribution in [0.5, 0.6) is 0 Å². The van der Waals surface area contributed by atoms with E-state index in [1.807, 2.05) is 50.4 Å². The van der Waals surface area contributed by atoms with Crippen LogP contribution in [0.2, 0.25) is 0 Å². The lowest BCUT2D eigenvalue weighted by Gasteiger charge is -2.20. The Labute approximate surface area is 191 Å². The first kappa shape index (κ1) is 24.2. The molecule has 8 nitrogen and oxygen atoms in total. The number of pyridine rings is 1. The number of aromatic carboxylic acids is 1. The van der Waals surface area contributed by atoms with Crippen molar-refractivity contribution in [3.05, 3.63) is 68.4 Å². The molecule has 2 heterocycles. The van der Waals surface area contributed by atoms with Crippen molar-refractivity contribution in [2.45, 2.75) is 26.4 Å². The molecule has 1 amide bonds. The summed E-state index contributed by atoms with van der Waals surface area (Å²) in [6.45, 7) is 5.45. The molecule has 0 bridgehead atoms. The number of ether oxygens (including phenoxy) is 1. The minimum atomic E-state index is -1.07. The molecule has 0 unspecified atom stereocenters. The average Bonchev–Trinajstić information content (AvgIpc) is 3.19. The van der Waals surface area contributed by atoms with E-state index < -0.39 is 17.7 Å². The number of aromatic amines is 1. The van der Waals surface area contributed by atoms with E-state index in [1.165, 1.54) is 6.07 Å². The number of nitrogens with one attached hydrogen (secondary N) is 2. The smallest absolute Gasteiger partial charge is 0.412 e. The lowest BCUT2D eigenvalue weighted by atomic mass is 10.1. The van der Waals surface area contributed by atoms with Gasteiger partial charge in [-0.25, -0.2) is 9.59 Å². The lowest BCUT2D eigenvalue weighted by Crippen LogP contribution is -2.27. The molecule has 3 rings (SSSR count). The standard InChI is InChI=1S/C15H18N2O2S.C6H4BrNO3/c1-15(2,3)19-14(18)17-12-7-6-10(9-11(12)16)13-5-4-8-20-13;7-4-1-3(6(10)11)2-8-5(4)9/h4-9H,16H2,1-3H3,(H,17,18);1-2H,(H,8,9)(H,10,11). The molecule has 1 aromatic carbocycles. The molecule has 0 aliphatic rings. The van der Waals surface area contributed by atoms with E-state index in [0.29, 0.717) is 11.4 Å². The molecule has 0 atom stereocenters. The van der Waals surface area contributed by atoms with Crippen LogP contribution in [-0.4, -0.2) is 27.8 Å². The number of carbonyl (C=O) groups is 2. The second-order valence-corrected chi connectivity index (χ2v) is 9.08. The minimum Gasteiger partial charge on any atom is -0.478 e. The number of hydrogen-bond donors (Lipinski definition) is 4. The maximum atomic E-state index is 11.7. The number of aromatic nitrogens is 1. The maximum absolute atomic E-state index is 11.7. The summed E-state index contributed by atoms with van der Waals surface area (Å²) in [6.07, 6.45) is 0.642. The van der Waals surface area contributed by atoms with Gasteiger partial charge in [0.2, 0.25) is 0 Å². The number of halogens is 1. The molecule has 10 heteroatoms.